The van der Waals surface area contributed by atoms with E-state index in [9.17, 15) is 33.2 Å². The molecule has 0 saturated heterocycles. The Bertz CT molecular complexity index is 1940. The standard InChI is InChI=1S/C36H46N2O14P2/c1-4-5-6-7-8-9-10-11-34(40)51-31-18-14-29(15-19-31)24-48-54(45,47-23-28-12-16-30(17-13-28)49-27(3)39)52-53(43,44)46-25-32-20-21-33(50-32)38-22-26(2)35(41)37-36(38)42/h12-22,32-33H,4-11,23-25H2,1-3H3,(H,43,44)(H,37,41,42)/t32?,33-,54?/m1/s1. The summed E-state index contributed by atoms with van der Waals surface area (Å²) < 4.78 is 65.1. The Kier molecular flexibility index (Phi) is 16.3. The fraction of sp³-hybridized carbons (Fsp3) is 0.444. The van der Waals surface area contributed by atoms with Gasteiger partial charge in [-0.3, -0.25) is 37.5 Å². The summed E-state index contributed by atoms with van der Waals surface area (Å²) in [6.07, 6.45) is 10.2. The highest BCUT2D eigenvalue weighted by atomic mass is 31.3. The molecule has 3 aromatic rings. The number of hydrogen-bond donors (Lipinski definition) is 2. The van der Waals surface area contributed by atoms with Gasteiger partial charge in [-0.25, -0.2) is 13.9 Å². The van der Waals surface area contributed by atoms with E-state index >= 15 is 0 Å². The molecule has 1 aromatic heterocycles. The molecule has 0 amide bonds. The van der Waals surface area contributed by atoms with Gasteiger partial charge in [-0.05, 0) is 54.8 Å². The Morgan fingerprint density at radius 2 is 1.41 bits per heavy atom. The summed E-state index contributed by atoms with van der Waals surface area (Å²) in [6, 6.07) is 12.1. The summed E-state index contributed by atoms with van der Waals surface area (Å²) in [6.45, 7) is 3.55. The lowest BCUT2D eigenvalue weighted by molar-refractivity contribution is -0.134. The van der Waals surface area contributed by atoms with Gasteiger partial charge in [0, 0.05) is 25.1 Å². The van der Waals surface area contributed by atoms with Crippen LogP contribution in [0.15, 0.2) is 76.5 Å². The number of unbranched alkanes of at least 4 members (excludes halogenated alkanes) is 6. The third-order valence-corrected chi connectivity index (χ3v) is 10.9. The van der Waals surface area contributed by atoms with Crippen LogP contribution in [-0.4, -0.2) is 39.1 Å². The van der Waals surface area contributed by atoms with Crippen molar-refractivity contribution in [1.29, 1.82) is 0 Å². The van der Waals surface area contributed by atoms with Crippen molar-refractivity contribution >= 4 is 27.6 Å². The Morgan fingerprint density at radius 1 is 0.833 bits per heavy atom. The van der Waals surface area contributed by atoms with Gasteiger partial charge in [0.25, 0.3) is 5.56 Å². The molecular weight excluding hydrogens is 746 g/mol. The zero-order valence-corrected chi connectivity index (χ0v) is 32.2. The van der Waals surface area contributed by atoms with Gasteiger partial charge in [0.1, 0.15) is 17.6 Å². The fourth-order valence-electron chi connectivity index (χ4n) is 5.11. The van der Waals surface area contributed by atoms with Gasteiger partial charge in [0.2, 0.25) is 0 Å². The summed E-state index contributed by atoms with van der Waals surface area (Å²) in [4.78, 5) is 60.2. The third-order valence-electron chi connectivity index (χ3n) is 7.93. The number of carbonyl (C=O) groups excluding carboxylic acids is 2. The highest BCUT2D eigenvalue weighted by Gasteiger charge is 2.39. The van der Waals surface area contributed by atoms with Crippen LogP contribution in [0.2, 0.25) is 0 Å². The zero-order valence-electron chi connectivity index (χ0n) is 30.4. The molecule has 16 nitrogen and oxygen atoms in total. The van der Waals surface area contributed by atoms with Gasteiger partial charge in [-0.2, -0.15) is 4.31 Å². The van der Waals surface area contributed by atoms with Crippen LogP contribution in [-0.2, 0) is 54.6 Å². The molecule has 54 heavy (non-hydrogen) atoms. The molecule has 2 N–H and O–H groups in total. The molecule has 1 aliphatic rings. The number of esters is 2. The molecule has 2 aromatic carbocycles. The molecular formula is C36H46N2O14P2. The predicted octanol–water partition coefficient (Wildman–Crippen LogP) is 6.95. The molecule has 2 heterocycles. The van der Waals surface area contributed by atoms with Gasteiger partial charge in [-0.15, -0.1) is 0 Å². The number of carbonyl (C=O) groups is 2. The first-order valence-electron chi connectivity index (χ1n) is 17.5. The summed E-state index contributed by atoms with van der Waals surface area (Å²) >= 11 is 0. The normalized spacial score (nSPS) is 17.5. The molecule has 0 saturated carbocycles. The van der Waals surface area contributed by atoms with Crippen molar-refractivity contribution in [2.45, 2.75) is 97.7 Å². The van der Waals surface area contributed by atoms with E-state index in [1.165, 1.54) is 87.9 Å². The van der Waals surface area contributed by atoms with Gasteiger partial charge >= 0.3 is 33.3 Å². The second-order valence-electron chi connectivity index (χ2n) is 12.5. The van der Waals surface area contributed by atoms with Gasteiger partial charge < -0.3 is 19.1 Å². The lowest BCUT2D eigenvalue weighted by Crippen LogP contribution is -2.33. The van der Waals surface area contributed by atoms with Crippen LogP contribution in [0.25, 0.3) is 0 Å². The topological polar surface area (TPSA) is 208 Å². The van der Waals surface area contributed by atoms with Crippen LogP contribution >= 0.6 is 15.6 Å². The maximum Gasteiger partial charge on any atom is 0.484 e. The van der Waals surface area contributed by atoms with Crippen molar-refractivity contribution < 1.29 is 55.7 Å². The number of aromatic nitrogens is 2. The number of aryl methyl sites for hydroxylation is 1. The van der Waals surface area contributed by atoms with Crippen LogP contribution in [0.3, 0.4) is 0 Å². The second-order valence-corrected chi connectivity index (χ2v) is 15.8. The van der Waals surface area contributed by atoms with E-state index < -0.39 is 65.0 Å². The lowest BCUT2D eigenvalue weighted by atomic mass is 10.1. The average Bonchev–Trinajstić information content (AvgIpc) is 3.60. The number of aromatic amines is 1. The molecule has 0 fully saturated rings. The first-order chi connectivity index (χ1) is 25.7. The quantitative estimate of drug-likeness (QED) is 0.0347. The molecule has 4 atom stereocenters. The molecule has 0 aliphatic carbocycles. The van der Waals surface area contributed by atoms with Gasteiger partial charge in [-0.1, -0.05) is 75.8 Å². The summed E-state index contributed by atoms with van der Waals surface area (Å²) in [5.74, 6) is -0.312. The van der Waals surface area contributed by atoms with Gasteiger partial charge in [0.05, 0.1) is 19.8 Å². The summed E-state index contributed by atoms with van der Waals surface area (Å²) in [5, 5.41) is 0. The van der Waals surface area contributed by atoms with E-state index in [1.807, 2.05) is 0 Å². The summed E-state index contributed by atoms with van der Waals surface area (Å²) in [5.41, 5.74) is -0.126. The number of benzene rings is 2. The second kappa shape index (κ2) is 20.6. The number of H-pyrrole nitrogens is 1. The smallest absolute Gasteiger partial charge is 0.427 e. The van der Waals surface area contributed by atoms with Crippen LogP contribution < -0.4 is 20.7 Å². The third kappa shape index (κ3) is 14.3. The Morgan fingerprint density at radius 3 is 2.00 bits per heavy atom. The van der Waals surface area contributed by atoms with Crippen molar-refractivity contribution in [2.24, 2.45) is 0 Å². The number of hydrogen-bond acceptors (Lipinski definition) is 13. The molecule has 0 spiro atoms. The lowest BCUT2D eigenvalue weighted by Gasteiger charge is -2.22. The van der Waals surface area contributed by atoms with Crippen molar-refractivity contribution in [2.75, 3.05) is 6.61 Å². The first-order valence-corrected chi connectivity index (χ1v) is 20.5. The average molecular weight is 793 g/mol. The molecule has 294 valence electrons. The highest BCUT2D eigenvalue weighted by Crippen LogP contribution is 2.64. The van der Waals surface area contributed by atoms with Crippen LogP contribution in [0, 0.1) is 6.92 Å². The van der Waals surface area contributed by atoms with E-state index in [-0.39, 0.29) is 17.3 Å². The predicted molar refractivity (Wildman–Crippen MR) is 196 cm³/mol. The number of phosphoric acid groups is 2. The Labute approximate surface area is 312 Å². The van der Waals surface area contributed by atoms with Crippen LogP contribution in [0.4, 0.5) is 0 Å². The van der Waals surface area contributed by atoms with E-state index in [2.05, 4.69) is 11.9 Å². The van der Waals surface area contributed by atoms with Crippen LogP contribution in [0.5, 0.6) is 11.5 Å². The molecule has 0 bridgehead atoms. The first kappa shape index (κ1) is 42.8. The van der Waals surface area contributed by atoms with Crippen LogP contribution in [0.1, 0.15) is 88.1 Å². The minimum Gasteiger partial charge on any atom is -0.427 e. The van der Waals surface area contributed by atoms with E-state index in [4.69, 9.17) is 32.1 Å². The fourth-order valence-corrected chi connectivity index (χ4v) is 7.71. The minimum atomic E-state index is -5.15. The van der Waals surface area contributed by atoms with Gasteiger partial charge in [0.15, 0.2) is 6.23 Å². The Hall–Kier alpha value is -3.98. The SMILES string of the molecule is CCCCCCCCCC(=O)Oc1ccc(COP(=O)(OCc2ccc(OC(C)=O)cc2)OP(=O)(O)OCC2C=C[C@H](n3cc(C)c(=O)[nH]c3=O)O2)cc1. The highest BCUT2D eigenvalue weighted by molar-refractivity contribution is 7.61. The largest absolute Gasteiger partial charge is 0.484 e. The molecule has 1 aliphatic heterocycles. The maximum absolute atomic E-state index is 13.8. The number of phosphoric ester groups is 2. The van der Waals surface area contributed by atoms with Crippen molar-refractivity contribution in [3.05, 3.63) is 104 Å². The van der Waals surface area contributed by atoms with E-state index in [0.717, 1.165) is 30.3 Å². The van der Waals surface area contributed by atoms with Crippen molar-refractivity contribution in [3.8, 4) is 11.5 Å². The zero-order chi connectivity index (χ0) is 39.1. The molecule has 4 rings (SSSR count). The minimum absolute atomic E-state index is 0.258. The monoisotopic (exact) mass is 792 g/mol. The number of rotatable bonds is 22. The number of nitrogens with one attached hydrogen (secondary N) is 1. The number of nitrogens with zero attached hydrogens (tertiary/aromatic N) is 1. The Balaban J connectivity index is 1.35. The molecule has 3 unspecified atom stereocenters. The molecule has 0 radical (unpaired) electrons. The maximum atomic E-state index is 13.8. The number of ether oxygens (including phenoxy) is 3. The van der Waals surface area contributed by atoms with E-state index in [0.29, 0.717) is 23.3 Å². The molecule has 18 heteroatoms. The van der Waals surface area contributed by atoms with E-state index in [1.54, 1.807) is 12.1 Å². The summed E-state index contributed by atoms with van der Waals surface area (Å²) in [7, 11) is -10.0. The van der Waals surface area contributed by atoms with Crippen molar-refractivity contribution in [3.63, 3.8) is 0 Å². The van der Waals surface area contributed by atoms with Crippen molar-refractivity contribution in [1.82, 2.24) is 9.55 Å².